The molecule has 1 amide bonds. The summed E-state index contributed by atoms with van der Waals surface area (Å²) in [6.07, 6.45) is 2.71. The minimum Gasteiger partial charge on any atom is -0.490 e. The van der Waals surface area contributed by atoms with Gasteiger partial charge in [0.15, 0.2) is 5.75 Å². The number of sulfonamides is 1. The Hall–Kier alpha value is -3.31. The molecule has 2 aromatic rings. The molecule has 2 aromatic carbocycles. The van der Waals surface area contributed by atoms with Gasteiger partial charge in [-0.3, -0.25) is 14.9 Å². The van der Waals surface area contributed by atoms with Gasteiger partial charge in [-0.15, -0.1) is 0 Å². The minimum absolute atomic E-state index is 0.100. The molecule has 30 heavy (non-hydrogen) atoms. The van der Waals surface area contributed by atoms with Crippen molar-refractivity contribution in [2.24, 2.45) is 5.10 Å². The molecule has 0 saturated carbocycles. The predicted molar refractivity (Wildman–Crippen MR) is 112 cm³/mol. The molecular weight excluding hydrogens is 412 g/mol. The lowest BCUT2D eigenvalue weighted by Crippen LogP contribution is -2.40. The Morgan fingerprint density at radius 3 is 2.57 bits per heavy atom. The Labute approximate surface area is 174 Å². The molecule has 0 spiro atoms. The van der Waals surface area contributed by atoms with Crippen molar-refractivity contribution in [3.8, 4) is 5.75 Å². The zero-order valence-electron chi connectivity index (χ0n) is 16.5. The molecule has 2 rings (SSSR count). The first kappa shape index (κ1) is 23.0. The van der Waals surface area contributed by atoms with Crippen LogP contribution in [0.5, 0.6) is 5.75 Å². The highest BCUT2D eigenvalue weighted by atomic mass is 32.2. The Balaban J connectivity index is 1.98. The predicted octanol–water partition coefficient (Wildman–Crippen LogP) is 1.56. The van der Waals surface area contributed by atoms with E-state index in [-0.39, 0.29) is 18.0 Å². The summed E-state index contributed by atoms with van der Waals surface area (Å²) >= 11 is 0. The highest BCUT2D eigenvalue weighted by Crippen LogP contribution is 2.26. The number of amides is 1. The average Bonchev–Trinajstić information content (AvgIpc) is 2.70. The van der Waals surface area contributed by atoms with Crippen LogP contribution in [0.1, 0.15) is 11.1 Å². The third-order valence-corrected chi connectivity index (χ3v) is 5.33. The van der Waals surface area contributed by atoms with Crippen molar-refractivity contribution in [2.75, 3.05) is 26.5 Å². The van der Waals surface area contributed by atoms with Crippen LogP contribution in [-0.4, -0.2) is 56.2 Å². The van der Waals surface area contributed by atoms with E-state index in [1.54, 1.807) is 0 Å². The molecule has 160 valence electrons. The van der Waals surface area contributed by atoms with Crippen molar-refractivity contribution in [3.05, 3.63) is 69.8 Å². The second-order valence-corrected chi connectivity index (χ2v) is 8.30. The highest BCUT2D eigenvalue weighted by molar-refractivity contribution is 7.88. The van der Waals surface area contributed by atoms with Crippen LogP contribution in [0.2, 0.25) is 0 Å². The molecule has 0 fully saturated rings. The number of ether oxygens (including phenoxy) is 1. The van der Waals surface area contributed by atoms with Crippen LogP contribution in [-0.2, 0) is 21.2 Å². The number of rotatable bonds is 10. The summed E-state index contributed by atoms with van der Waals surface area (Å²) in [5.41, 5.74) is 3.31. The number of hydrogen-bond acceptors (Lipinski definition) is 7. The van der Waals surface area contributed by atoms with Gasteiger partial charge in [-0.25, -0.2) is 13.8 Å². The maximum Gasteiger partial charge on any atom is 0.311 e. The number of nitro groups is 1. The number of nitro benzene ring substituents is 1. The lowest BCUT2D eigenvalue weighted by molar-refractivity contribution is -0.385. The molecule has 0 atom stereocenters. The molecule has 0 aliphatic rings. The van der Waals surface area contributed by atoms with Crippen LogP contribution in [0.4, 0.5) is 5.69 Å². The van der Waals surface area contributed by atoms with Gasteiger partial charge >= 0.3 is 5.69 Å². The van der Waals surface area contributed by atoms with Gasteiger partial charge in [0.2, 0.25) is 10.0 Å². The third-order valence-electron chi connectivity index (χ3n) is 4.08. The number of carbonyl (C=O) groups is 1. The smallest absolute Gasteiger partial charge is 0.311 e. The van der Waals surface area contributed by atoms with Crippen molar-refractivity contribution < 1.29 is 22.9 Å². The van der Waals surface area contributed by atoms with Crippen LogP contribution in [0.25, 0.3) is 0 Å². The maximum atomic E-state index is 12.1. The molecule has 0 heterocycles. The maximum absolute atomic E-state index is 12.1. The van der Waals surface area contributed by atoms with E-state index in [0.29, 0.717) is 12.0 Å². The first-order valence-electron chi connectivity index (χ1n) is 8.84. The fourth-order valence-corrected chi connectivity index (χ4v) is 3.34. The van der Waals surface area contributed by atoms with Crippen LogP contribution < -0.4 is 10.2 Å². The summed E-state index contributed by atoms with van der Waals surface area (Å²) in [5, 5.41) is 14.8. The van der Waals surface area contributed by atoms with Gasteiger partial charge in [0.1, 0.15) is 0 Å². The lowest BCUT2D eigenvalue weighted by Gasteiger charge is -2.18. The van der Waals surface area contributed by atoms with Crippen molar-refractivity contribution >= 4 is 27.8 Å². The SMILES string of the molecule is COc1ccc(/C=N/NC(=O)CN(CCc2ccccc2)S(C)(=O)=O)cc1[N+](=O)[O-]. The molecular formula is C19H22N4O6S. The number of nitrogens with one attached hydrogen (secondary N) is 1. The van der Waals surface area contributed by atoms with Gasteiger partial charge < -0.3 is 4.74 Å². The van der Waals surface area contributed by atoms with Gasteiger partial charge in [-0.05, 0) is 24.1 Å². The third kappa shape index (κ3) is 6.94. The molecule has 0 aliphatic carbocycles. The van der Waals surface area contributed by atoms with E-state index in [9.17, 15) is 23.3 Å². The van der Waals surface area contributed by atoms with Gasteiger partial charge in [0.25, 0.3) is 5.91 Å². The molecule has 1 N–H and O–H groups in total. The van der Waals surface area contributed by atoms with E-state index in [1.165, 1.54) is 31.5 Å². The fraction of sp³-hybridized carbons (Fsp3) is 0.263. The number of nitrogens with zero attached hydrogens (tertiary/aromatic N) is 3. The van der Waals surface area contributed by atoms with Crippen LogP contribution in [0.3, 0.4) is 0 Å². The number of hydrazone groups is 1. The number of carbonyl (C=O) groups excluding carboxylic acids is 1. The Morgan fingerprint density at radius 2 is 1.97 bits per heavy atom. The zero-order chi connectivity index (χ0) is 22.1. The molecule has 11 heteroatoms. The van der Waals surface area contributed by atoms with E-state index in [1.807, 2.05) is 30.3 Å². The molecule has 0 aromatic heterocycles. The van der Waals surface area contributed by atoms with Gasteiger partial charge in [0, 0.05) is 18.2 Å². The standard InChI is InChI=1S/C19H22N4O6S/c1-29-18-9-8-16(12-17(18)23(25)26)13-20-21-19(24)14-22(30(2,27)28)11-10-15-6-4-3-5-7-15/h3-9,12-13H,10-11,14H2,1-2H3,(H,21,24)/b20-13+. The van der Waals surface area contributed by atoms with Gasteiger partial charge in [0.05, 0.1) is 31.0 Å². The Morgan fingerprint density at radius 1 is 1.27 bits per heavy atom. The molecule has 0 unspecified atom stereocenters. The van der Waals surface area contributed by atoms with E-state index in [2.05, 4.69) is 10.5 Å². The molecule has 0 bridgehead atoms. The lowest BCUT2D eigenvalue weighted by atomic mass is 10.1. The molecule has 0 radical (unpaired) electrons. The fourth-order valence-electron chi connectivity index (χ4n) is 2.56. The second kappa shape index (κ2) is 10.5. The minimum atomic E-state index is -3.60. The van der Waals surface area contributed by atoms with Crippen molar-refractivity contribution in [1.29, 1.82) is 0 Å². The largest absolute Gasteiger partial charge is 0.490 e. The van der Waals surface area contributed by atoms with Crippen LogP contribution in [0.15, 0.2) is 53.6 Å². The van der Waals surface area contributed by atoms with E-state index >= 15 is 0 Å². The summed E-state index contributed by atoms with van der Waals surface area (Å²) in [6, 6.07) is 13.5. The van der Waals surface area contributed by atoms with Gasteiger partial charge in [-0.2, -0.15) is 9.41 Å². The van der Waals surface area contributed by atoms with E-state index in [4.69, 9.17) is 4.74 Å². The highest BCUT2D eigenvalue weighted by Gasteiger charge is 2.20. The molecule has 0 saturated heterocycles. The summed E-state index contributed by atoms with van der Waals surface area (Å²) in [5.74, 6) is -0.531. The first-order valence-corrected chi connectivity index (χ1v) is 10.7. The van der Waals surface area contributed by atoms with E-state index in [0.717, 1.165) is 16.1 Å². The topological polar surface area (TPSA) is 131 Å². The number of hydrogen-bond donors (Lipinski definition) is 1. The summed E-state index contributed by atoms with van der Waals surface area (Å²) in [6.45, 7) is -0.254. The summed E-state index contributed by atoms with van der Waals surface area (Å²) in [4.78, 5) is 22.6. The molecule has 0 aliphatic heterocycles. The zero-order valence-corrected chi connectivity index (χ0v) is 17.3. The van der Waals surface area contributed by atoms with Crippen molar-refractivity contribution in [1.82, 2.24) is 9.73 Å². The Kier molecular flexibility index (Phi) is 8.01. The first-order chi connectivity index (χ1) is 14.2. The monoisotopic (exact) mass is 434 g/mol. The average molecular weight is 434 g/mol. The normalized spacial score (nSPS) is 11.6. The van der Waals surface area contributed by atoms with Crippen LogP contribution >= 0.6 is 0 Å². The summed E-state index contributed by atoms with van der Waals surface area (Å²) < 4.78 is 29.9. The summed E-state index contributed by atoms with van der Waals surface area (Å²) in [7, 11) is -2.28. The number of methoxy groups -OCH3 is 1. The molecule has 10 nitrogen and oxygen atoms in total. The van der Waals surface area contributed by atoms with Crippen LogP contribution in [0, 0.1) is 10.1 Å². The van der Waals surface area contributed by atoms with Gasteiger partial charge in [-0.1, -0.05) is 30.3 Å². The van der Waals surface area contributed by atoms with Crippen molar-refractivity contribution in [3.63, 3.8) is 0 Å². The van der Waals surface area contributed by atoms with Crippen molar-refractivity contribution in [2.45, 2.75) is 6.42 Å². The quantitative estimate of drug-likeness (QED) is 0.343. The second-order valence-electron chi connectivity index (χ2n) is 6.31. The van der Waals surface area contributed by atoms with E-state index < -0.39 is 27.4 Å². The number of benzene rings is 2. The Bertz CT molecular complexity index is 1020.